The lowest BCUT2D eigenvalue weighted by atomic mass is 9.91. The molecule has 0 aliphatic carbocycles. The van der Waals surface area contributed by atoms with Crippen molar-refractivity contribution in [2.24, 2.45) is 10.5 Å². The van der Waals surface area contributed by atoms with Crippen molar-refractivity contribution in [2.75, 3.05) is 5.32 Å². The highest BCUT2D eigenvalue weighted by atomic mass is 16.2. The second-order valence-electron chi connectivity index (χ2n) is 5.87. The predicted octanol–water partition coefficient (Wildman–Crippen LogP) is 3.19. The lowest BCUT2D eigenvalue weighted by Gasteiger charge is -2.17. The van der Waals surface area contributed by atoms with Gasteiger partial charge in [0, 0.05) is 28.8 Å². The molecule has 1 aromatic carbocycles. The normalized spacial score (nSPS) is 12.0. The van der Waals surface area contributed by atoms with E-state index in [2.05, 4.69) is 15.8 Å². The quantitative estimate of drug-likeness (QED) is 0.660. The monoisotopic (exact) mass is 289 g/mol. The molecule has 5 heteroatoms. The van der Waals surface area contributed by atoms with Crippen molar-refractivity contribution in [3.05, 3.63) is 29.8 Å². The van der Waals surface area contributed by atoms with Gasteiger partial charge in [-0.2, -0.15) is 5.10 Å². The summed E-state index contributed by atoms with van der Waals surface area (Å²) in [4.78, 5) is 23.2. The summed E-state index contributed by atoms with van der Waals surface area (Å²) in [6.45, 7) is 9.76. The summed E-state index contributed by atoms with van der Waals surface area (Å²) in [5, 5.41) is 6.83. The third-order valence-corrected chi connectivity index (χ3v) is 3.16. The topological polar surface area (TPSA) is 70.6 Å². The lowest BCUT2D eigenvalue weighted by Crippen LogP contribution is -2.24. The van der Waals surface area contributed by atoms with E-state index < -0.39 is 0 Å². The maximum Gasteiger partial charge on any atom is 0.271 e. The van der Waals surface area contributed by atoms with Crippen molar-refractivity contribution in [3.63, 3.8) is 0 Å². The van der Waals surface area contributed by atoms with Crippen molar-refractivity contribution in [3.8, 4) is 0 Å². The fourth-order valence-electron chi connectivity index (χ4n) is 1.32. The molecular weight excluding hydrogens is 266 g/mol. The Hall–Kier alpha value is -2.17. The fraction of sp³-hybridized carbons (Fsp3) is 0.438. The van der Waals surface area contributed by atoms with Gasteiger partial charge in [-0.25, -0.2) is 5.43 Å². The van der Waals surface area contributed by atoms with E-state index in [0.717, 1.165) is 5.71 Å². The zero-order chi connectivity index (χ0) is 16.0. The first kappa shape index (κ1) is 16.9. The summed E-state index contributed by atoms with van der Waals surface area (Å²) in [7, 11) is 0. The predicted molar refractivity (Wildman–Crippen MR) is 85.4 cm³/mol. The second kappa shape index (κ2) is 7.02. The van der Waals surface area contributed by atoms with Gasteiger partial charge in [0.25, 0.3) is 5.91 Å². The molecule has 0 fully saturated rings. The van der Waals surface area contributed by atoms with E-state index in [9.17, 15) is 9.59 Å². The van der Waals surface area contributed by atoms with Crippen LogP contribution in [0.1, 0.15) is 51.4 Å². The van der Waals surface area contributed by atoms with E-state index in [0.29, 0.717) is 17.7 Å². The van der Waals surface area contributed by atoms with Crippen molar-refractivity contribution >= 4 is 23.2 Å². The van der Waals surface area contributed by atoms with Gasteiger partial charge in [-0.3, -0.25) is 9.59 Å². The lowest BCUT2D eigenvalue weighted by molar-refractivity contribution is -0.115. The minimum Gasteiger partial charge on any atom is -0.326 e. The first-order valence-corrected chi connectivity index (χ1v) is 6.99. The highest BCUT2D eigenvalue weighted by molar-refractivity contribution is 5.97. The highest BCUT2D eigenvalue weighted by Crippen LogP contribution is 2.15. The molecule has 5 nitrogen and oxygen atoms in total. The Labute approximate surface area is 125 Å². The SMILES string of the molecule is CCC(=O)Nc1ccc(C(=O)N/N=C(\C)C(C)(C)C)cc1. The molecule has 0 aromatic heterocycles. The number of nitrogens with zero attached hydrogens (tertiary/aromatic N) is 1. The average molecular weight is 289 g/mol. The van der Waals surface area contributed by atoms with Gasteiger partial charge in [0.15, 0.2) is 0 Å². The van der Waals surface area contributed by atoms with E-state index >= 15 is 0 Å². The molecule has 0 radical (unpaired) electrons. The van der Waals surface area contributed by atoms with Crippen LogP contribution in [0.5, 0.6) is 0 Å². The molecule has 0 aliphatic heterocycles. The first-order valence-electron chi connectivity index (χ1n) is 6.99. The summed E-state index contributed by atoms with van der Waals surface area (Å²) in [5.74, 6) is -0.329. The Morgan fingerprint density at radius 3 is 2.19 bits per heavy atom. The van der Waals surface area contributed by atoms with Gasteiger partial charge < -0.3 is 5.32 Å². The third kappa shape index (κ3) is 5.38. The van der Waals surface area contributed by atoms with E-state index in [1.165, 1.54) is 0 Å². The first-order chi connectivity index (χ1) is 9.74. The largest absolute Gasteiger partial charge is 0.326 e. The Morgan fingerprint density at radius 1 is 1.14 bits per heavy atom. The minimum atomic E-state index is -0.271. The second-order valence-corrected chi connectivity index (χ2v) is 5.87. The van der Waals surface area contributed by atoms with Crippen molar-refractivity contribution < 1.29 is 9.59 Å². The van der Waals surface area contributed by atoms with E-state index in [1.807, 2.05) is 27.7 Å². The molecule has 0 atom stereocenters. The van der Waals surface area contributed by atoms with Gasteiger partial charge in [-0.05, 0) is 31.2 Å². The van der Waals surface area contributed by atoms with Gasteiger partial charge >= 0.3 is 0 Å². The zero-order valence-electron chi connectivity index (χ0n) is 13.3. The molecule has 1 rings (SSSR count). The Bertz CT molecular complexity index is 540. The molecule has 2 amide bonds. The Kier molecular flexibility index (Phi) is 5.64. The standard InChI is InChI=1S/C16H23N3O2/c1-6-14(20)17-13-9-7-12(8-10-13)15(21)19-18-11(2)16(3,4)5/h7-10H,6H2,1-5H3,(H,17,20)(H,19,21)/b18-11+. The van der Waals surface area contributed by atoms with Crippen LogP contribution in [0.25, 0.3) is 0 Å². The number of carbonyl (C=O) groups excluding carboxylic acids is 2. The summed E-state index contributed by atoms with van der Waals surface area (Å²) in [5.41, 5.74) is 4.48. The van der Waals surface area contributed by atoms with Gasteiger partial charge in [0.1, 0.15) is 0 Å². The number of amides is 2. The van der Waals surface area contributed by atoms with Crippen LogP contribution < -0.4 is 10.7 Å². The maximum absolute atomic E-state index is 12.0. The van der Waals surface area contributed by atoms with Crippen LogP contribution in [0.2, 0.25) is 0 Å². The van der Waals surface area contributed by atoms with Crippen LogP contribution in [-0.4, -0.2) is 17.5 Å². The molecule has 0 spiro atoms. The maximum atomic E-state index is 12.0. The van der Waals surface area contributed by atoms with Crippen LogP contribution in [0.4, 0.5) is 5.69 Å². The highest BCUT2D eigenvalue weighted by Gasteiger charge is 2.15. The van der Waals surface area contributed by atoms with Crippen LogP contribution in [0.3, 0.4) is 0 Å². The molecule has 2 N–H and O–H groups in total. The van der Waals surface area contributed by atoms with Crippen molar-refractivity contribution in [1.29, 1.82) is 0 Å². The summed E-state index contributed by atoms with van der Waals surface area (Å²) < 4.78 is 0. The molecule has 0 saturated carbocycles. The number of anilines is 1. The number of hydrogen-bond donors (Lipinski definition) is 2. The molecule has 0 bridgehead atoms. The molecule has 1 aromatic rings. The Balaban J connectivity index is 2.70. The van der Waals surface area contributed by atoms with Gasteiger partial charge in [0.05, 0.1) is 0 Å². The molecule has 0 heterocycles. The van der Waals surface area contributed by atoms with Crippen LogP contribution >= 0.6 is 0 Å². The summed E-state index contributed by atoms with van der Waals surface area (Å²) in [6, 6.07) is 6.71. The Morgan fingerprint density at radius 2 is 1.71 bits per heavy atom. The minimum absolute atomic E-state index is 0.0578. The van der Waals surface area contributed by atoms with Gasteiger partial charge in [-0.15, -0.1) is 0 Å². The number of rotatable bonds is 4. The van der Waals surface area contributed by atoms with Crippen LogP contribution in [0, 0.1) is 5.41 Å². The smallest absolute Gasteiger partial charge is 0.271 e. The molecule has 21 heavy (non-hydrogen) atoms. The molecular formula is C16H23N3O2. The van der Waals surface area contributed by atoms with Crippen molar-refractivity contribution in [2.45, 2.75) is 41.0 Å². The van der Waals surface area contributed by atoms with Crippen molar-refractivity contribution in [1.82, 2.24) is 5.43 Å². The molecule has 0 unspecified atom stereocenters. The fourth-order valence-corrected chi connectivity index (χ4v) is 1.32. The number of nitrogens with one attached hydrogen (secondary N) is 2. The number of benzene rings is 1. The molecule has 0 aliphatic rings. The van der Waals surface area contributed by atoms with Gasteiger partial charge in [0.2, 0.25) is 5.91 Å². The molecule has 0 saturated heterocycles. The van der Waals surface area contributed by atoms with Crippen LogP contribution in [0.15, 0.2) is 29.4 Å². The number of hydrazone groups is 1. The van der Waals surface area contributed by atoms with E-state index in [-0.39, 0.29) is 17.2 Å². The van der Waals surface area contributed by atoms with Gasteiger partial charge in [-0.1, -0.05) is 27.7 Å². The average Bonchev–Trinajstić information content (AvgIpc) is 2.43. The summed E-state index contributed by atoms with van der Waals surface area (Å²) >= 11 is 0. The van der Waals surface area contributed by atoms with E-state index in [4.69, 9.17) is 0 Å². The van der Waals surface area contributed by atoms with Crippen LogP contribution in [-0.2, 0) is 4.79 Å². The third-order valence-electron chi connectivity index (χ3n) is 3.16. The number of carbonyl (C=O) groups is 2. The molecule has 114 valence electrons. The number of hydrogen-bond acceptors (Lipinski definition) is 3. The zero-order valence-corrected chi connectivity index (χ0v) is 13.3. The summed E-state index contributed by atoms with van der Waals surface area (Å²) in [6.07, 6.45) is 0.420. The van der Waals surface area contributed by atoms with E-state index in [1.54, 1.807) is 31.2 Å².